The molecule has 2 aromatic rings. The summed E-state index contributed by atoms with van der Waals surface area (Å²) >= 11 is 0. The molecule has 2 N–H and O–H groups in total. The number of benzene rings is 1. The molecule has 10 heteroatoms. The summed E-state index contributed by atoms with van der Waals surface area (Å²) in [5.41, 5.74) is 1.01. The molecule has 0 spiro atoms. The van der Waals surface area contributed by atoms with Gasteiger partial charge in [-0.3, -0.25) is 19.2 Å². The van der Waals surface area contributed by atoms with Crippen molar-refractivity contribution in [1.82, 2.24) is 30.0 Å². The van der Waals surface area contributed by atoms with Crippen molar-refractivity contribution >= 4 is 11.0 Å². The van der Waals surface area contributed by atoms with Crippen LogP contribution in [0.2, 0.25) is 0 Å². The largest absolute Gasteiger partial charge is 0.497 e. The van der Waals surface area contributed by atoms with Crippen molar-refractivity contribution in [2.24, 2.45) is 0 Å². The first-order valence-corrected chi connectivity index (χ1v) is 11.6. The Morgan fingerprint density at radius 2 is 1.82 bits per heavy atom. The first-order chi connectivity index (χ1) is 15.9. The summed E-state index contributed by atoms with van der Waals surface area (Å²) in [6, 6.07) is 5.01. The SMILES string of the molecule is CNC1CCN(CC(N2CCC(NC)C(F)C2)n2c(=O)cnc3ccc(OC)cc32)CC1F. The number of nitrogens with one attached hydrogen (secondary N) is 2. The summed E-state index contributed by atoms with van der Waals surface area (Å²) in [6.07, 6.45) is 0.0957. The maximum Gasteiger partial charge on any atom is 0.270 e. The summed E-state index contributed by atoms with van der Waals surface area (Å²) < 4.78 is 36.7. The molecular weight excluding hydrogens is 430 g/mol. The van der Waals surface area contributed by atoms with Gasteiger partial charge in [-0.15, -0.1) is 0 Å². The summed E-state index contributed by atoms with van der Waals surface area (Å²) in [6.45, 7) is 2.22. The number of alkyl halides is 2. The molecule has 5 atom stereocenters. The standard InChI is InChI=1S/C23H34F2N6O2/c1-26-18-6-8-29(12-16(18)24)14-22(30-9-7-19(27-2)17(25)13-30)31-21-10-15(33-3)4-5-20(21)28-11-23(31)32/h4-5,10-11,16-19,22,26-27H,6-9,12-14H2,1-3H3. The molecule has 2 saturated heterocycles. The van der Waals surface area contributed by atoms with Gasteiger partial charge in [0.2, 0.25) is 0 Å². The summed E-state index contributed by atoms with van der Waals surface area (Å²) in [5.74, 6) is 0.610. The van der Waals surface area contributed by atoms with Crippen molar-refractivity contribution in [3.05, 3.63) is 34.7 Å². The van der Waals surface area contributed by atoms with E-state index in [4.69, 9.17) is 4.74 Å². The van der Waals surface area contributed by atoms with E-state index >= 15 is 0 Å². The molecule has 2 aliphatic heterocycles. The van der Waals surface area contributed by atoms with E-state index in [1.165, 1.54) is 6.20 Å². The highest BCUT2D eigenvalue weighted by Gasteiger charge is 2.36. The minimum atomic E-state index is -1.06. The zero-order valence-electron chi connectivity index (χ0n) is 19.5. The molecule has 2 aliphatic rings. The Hall–Kier alpha value is -2.14. The summed E-state index contributed by atoms with van der Waals surface area (Å²) in [5, 5.41) is 6.08. The molecule has 4 rings (SSSR count). The third-order valence-corrected chi connectivity index (χ3v) is 7.07. The highest BCUT2D eigenvalue weighted by atomic mass is 19.1. The summed E-state index contributed by atoms with van der Waals surface area (Å²) in [7, 11) is 5.12. The highest BCUT2D eigenvalue weighted by molar-refractivity contribution is 5.76. The second-order valence-corrected chi connectivity index (χ2v) is 8.96. The number of halogens is 2. The third-order valence-electron chi connectivity index (χ3n) is 7.07. The Labute approximate surface area is 192 Å². The molecule has 0 aliphatic carbocycles. The second kappa shape index (κ2) is 10.4. The van der Waals surface area contributed by atoms with E-state index in [1.54, 1.807) is 37.9 Å². The van der Waals surface area contributed by atoms with E-state index in [0.29, 0.717) is 49.3 Å². The van der Waals surface area contributed by atoms with E-state index in [1.807, 2.05) is 15.9 Å². The van der Waals surface area contributed by atoms with E-state index < -0.39 is 18.5 Å². The number of methoxy groups -OCH3 is 1. The molecule has 1 aromatic heterocycles. The number of ether oxygens (including phenoxy) is 1. The van der Waals surface area contributed by atoms with E-state index in [2.05, 4.69) is 15.6 Å². The zero-order valence-corrected chi connectivity index (χ0v) is 19.5. The van der Waals surface area contributed by atoms with Gasteiger partial charge in [-0.1, -0.05) is 0 Å². The van der Waals surface area contributed by atoms with Gasteiger partial charge in [-0.05, 0) is 45.6 Å². The minimum absolute atomic E-state index is 0.171. The zero-order chi connectivity index (χ0) is 23.5. The van der Waals surface area contributed by atoms with Crippen molar-refractivity contribution < 1.29 is 13.5 Å². The van der Waals surface area contributed by atoms with Crippen molar-refractivity contribution in [3.63, 3.8) is 0 Å². The number of rotatable bonds is 7. The fraction of sp³-hybridized carbons (Fsp3) is 0.652. The van der Waals surface area contributed by atoms with Crippen molar-refractivity contribution in [1.29, 1.82) is 0 Å². The van der Waals surface area contributed by atoms with Gasteiger partial charge >= 0.3 is 0 Å². The fourth-order valence-electron chi connectivity index (χ4n) is 5.12. The van der Waals surface area contributed by atoms with E-state index in [-0.39, 0.29) is 30.7 Å². The van der Waals surface area contributed by atoms with Crippen LogP contribution < -0.4 is 20.9 Å². The normalized spacial score (nSPS) is 28.2. The van der Waals surface area contributed by atoms with Gasteiger partial charge in [0.05, 0.1) is 24.3 Å². The predicted molar refractivity (Wildman–Crippen MR) is 124 cm³/mol. The van der Waals surface area contributed by atoms with Crippen LogP contribution in [-0.4, -0.2) is 97.7 Å². The Morgan fingerprint density at radius 1 is 1.12 bits per heavy atom. The van der Waals surface area contributed by atoms with Crippen LogP contribution in [0.3, 0.4) is 0 Å². The van der Waals surface area contributed by atoms with Crippen molar-refractivity contribution in [2.75, 3.05) is 53.9 Å². The molecule has 5 unspecified atom stereocenters. The number of hydrogen-bond acceptors (Lipinski definition) is 7. The number of hydrogen-bond donors (Lipinski definition) is 2. The van der Waals surface area contributed by atoms with Crippen LogP contribution in [0.15, 0.2) is 29.2 Å². The average Bonchev–Trinajstić information content (AvgIpc) is 2.82. The van der Waals surface area contributed by atoms with Gasteiger partial charge in [0.15, 0.2) is 0 Å². The Bertz CT molecular complexity index is 1000. The summed E-state index contributed by atoms with van der Waals surface area (Å²) in [4.78, 5) is 21.5. The number of aromatic nitrogens is 2. The number of nitrogens with zero attached hydrogens (tertiary/aromatic N) is 4. The van der Waals surface area contributed by atoms with Crippen LogP contribution in [-0.2, 0) is 0 Å². The van der Waals surface area contributed by atoms with Gasteiger partial charge in [0, 0.05) is 44.3 Å². The lowest BCUT2D eigenvalue weighted by molar-refractivity contribution is 0.0125. The van der Waals surface area contributed by atoms with E-state index in [9.17, 15) is 13.6 Å². The molecule has 8 nitrogen and oxygen atoms in total. The van der Waals surface area contributed by atoms with Crippen LogP contribution in [0.5, 0.6) is 5.75 Å². The van der Waals surface area contributed by atoms with Gasteiger partial charge in [-0.25, -0.2) is 13.8 Å². The fourth-order valence-corrected chi connectivity index (χ4v) is 5.12. The van der Waals surface area contributed by atoms with Crippen LogP contribution >= 0.6 is 0 Å². The van der Waals surface area contributed by atoms with Crippen LogP contribution in [0, 0.1) is 0 Å². The maximum absolute atomic E-state index is 14.9. The molecular formula is C23H34F2N6O2. The van der Waals surface area contributed by atoms with Crippen molar-refractivity contribution in [3.8, 4) is 5.75 Å². The third kappa shape index (κ3) is 5.03. The lowest BCUT2D eigenvalue weighted by Gasteiger charge is -2.43. The van der Waals surface area contributed by atoms with Crippen LogP contribution in [0.4, 0.5) is 8.78 Å². The van der Waals surface area contributed by atoms with Crippen LogP contribution in [0.25, 0.3) is 11.0 Å². The monoisotopic (exact) mass is 464 g/mol. The quantitative estimate of drug-likeness (QED) is 0.637. The number of fused-ring (bicyclic) bond motifs is 1. The van der Waals surface area contributed by atoms with Gasteiger partial charge < -0.3 is 15.4 Å². The Morgan fingerprint density at radius 3 is 2.45 bits per heavy atom. The molecule has 33 heavy (non-hydrogen) atoms. The van der Waals surface area contributed by atoms with E-state index in [0.717, 1.165) is 0 Å². The number of piperidine rings is 2. The van der Waals surface area contributed by atoms with Crippen molar-refractivity contribution in [2.45, 2.75) is 43.4 Å². The second-order valence-electron chi connectivity index (χ2n) is 8.96. The molecule has 0 amide bonds. The lowest BCUT2D eigenvalue weighted by Crippen LogP contribution is -2.56. The molecule has 2 fully saturated rings. The van der Waals surface area contributed by atoms with Gasteiger partial charge in [0.25, 0.3) is 5.56 Å². The Kier molecular flexibility index (Phi) is 7.58. The Balaban J connectivity index is 1.72. The molecule has 0 radical (unpaired) electrons. The molecule has 1 aromatic carbocycles. The lowest BCUT2D eigenvalue weighted by atomic mass is 10.0. The molecule has 0 saturated carbocycles. The molecule has 0 bridgehead atoms. The predicted octanol–water partition coefficient (Wildman–Crippen LogP) is 1.17. The first-order valence-electron chi connectivity index (χ1n) is 11.6. The average molecular weight is 465 g/mol. The topological polar surface area (TPSA) is 74.7 Å². The maximum atomic E-state index is 14.9. The van der Waals surface area contributed by atoms with Gasteiger partial charge in [-0.2, -0.15) is 0 Å². The molecule has 3 heterocycles. The first kappa shape index (κ1) is 24.0. The minimum Gasteiger partial charge on any atom is -0.497 e. The highest BCUT2D eigenvalue weighted by Crippen LogP contribution is 2.27. The molecule has 182 valence electrons. The number of likely N-dealkylation sites (tertiary alicyclic amines) is 2. The smallest absolute Gasteiger partial charge is 0.270 e. The van der Waals surface area contributed by atoms with Crippen LogP contribution in [0.1, 0.15) is 19.0 Å². The van der Waals surface area contributed by atoms with Gasteiger partial charge in [0.1, 0.15) is 24.3 Å².